The van der Waals surface area contributed by atoms with Gasteiger partial charge < -0.3 is 10.1 Å². The number of benzene rings is 1. The monoisotopic (exact) mass is 235 g/mol. The largest absolute Gasteiger partial charge is 0.496 e. The van der Waals surface area contributed by atoms with Crippen molar-refractivity contribution in [3.63, 3.8) is 0 Å². The lowest BCUT2D eigenvalue weighted by atomic mass is 9.92. The van der Waals surface area contributed by atoms with Crippen LogP contribution in [0.4, 0.5) is 0 Å². The number of rotatable bonds is 6. The van der Waals surface area contributed by atoms with Gasteiger partial charge >= 0.3 is 0 Å². The molecule has 1 aromatic carbocycles. The number of hydrogen-bond acceptors (Lipinski definition) is 2. The normalized spacial score (nSPS) is 12.8. The van der Waals surface area contributed by atoms with Gasteiger partial charge in [0.05, 0.1) is 7.11 Å². The van der Waals surface area contributed by atoms with Gasteiger partial charge in [-0.25, -0.2) is 0 Å². The molecule has 0 spiro atoms. The molecule has 1 rings (SSSR count). The Morgan fingerprint density at radius 2 is 2.00 bits per heavy atom. The minimum Gasteiger partial charge on any atom is -0.496 e. The van der Waals surface area contributed by atoms with Gasteiger partial charge in [0.25, 0.3) is 0 Å². The third-order valence-electron chi connectivity index (χ3n) is 3.31. The van der Waals surface area contributed by atoms with Crippen LogP contribution in [0.25, 0.3) is 0 Å². The average Bonchev–Trinajstić information content (AvgIpc) is 2.35. The first-order chi connectivity index (χ1) is 8.13. The summed E-state index contributed by atoms with van der Waals surface area (Å²) < 4.78 is 5.54. The smallest absolute Gasteiger partial charge is 0.122 e. The van der Waals surface area contributed by atoms with Crippen LogP contribution >= 0.6 is 0 Å². The van der Waals surface area contributed by atoms with Gasteiger partial charge in [0.2, 0.25) is 0 Å². The topological polar surface area (TPSA) is 21.3 Å². The summed E-state index contributed by atoms with van der Waals surface area (Å²) in [5, 5.41) is 3.25. The molecule has 0 saturated heterocycles. The highest BCUT2D eigenvalue weighted by Crippen LogP contribution is 2.31. The lowest BCUT2D eigenvalue weighted by Gasteiger charge is -2.19. The fourth-order valence-electron chi connectivity index (χ4n) is 2.14. The fraction of sp³-hybridized carbons (Fsp3) is 0.600. The molecule has 1 unspecified atom stereocenters. The molecule has 1 N–H and O–H groups in total. The van der Waals surface area contributed by atoms with Crippen molar-refractivity contribution in [2.24, 2.45) is 0 Å². The summed E-state index contributed by atoms with van der Waals surface area (Å²) in [6.07, 6.45) is 1.12. The summed E-state index contributed by atoms with van der Waals surface area (Å²) in [5.41, 5.74) is 2.65. The Hall–Kier alpha value is -1.02. The van der Waals surface area contributed by atoms with Crippen LogP contribution in [0.3, 0.4) is 0 Å². The maximum atomic E-state index is 5.54. The van der Waals surface area contributed by atoms with E-state index in [1.54, 1.807) is 7.11 Å². The van der Waals surface area contributed by atoms with Crippen molar-refractivity contribution in [3.05, 3.63) is 29.3 Å². The molecule has 0 amide bonds. The molecule has 0 heterocycles. The number of nitrogens with one attached hydrogen (secondary N) is 1. The predicted octanol–water partition coefficient (Wildman–Crippen LogP) is 3.53. The quantitative estimate of drug-likeness (QED) is 0.814. The fourth-order valence-corrected chi connectivity index (χ4v) is 2.14. The SMILES string of the molecule is CCC(CNC)c1ccc(C(C)C)cc1OC. The second kappa shape index (κ2) is 6.65. The second-order valence-corrected chi connectivity index (χ2v) is 4.82. The van der Waals surface area contributed by atoms with Crippen LogP contribution in [0.15, 0.2) is 18.2 Å². The van der Waals surface area contributed by atoms with Crippen LogP contribution in [0, 0.1) is 0 Å². The first kappa shape index (κ1) is 14.0. The van der Waals surface area contributed by atoms with Crippen molar-refractivity contribution in [2.45, 2.75) is 39.0 Å². The molecule has 0 saturated carbocycles. The molecule has 0 aliphatic carbocycles. The maximum Gasteiger partial charge on any atom is 0.122 e. The predicted molar refractivity (Wildman–Crippen MR) is 74.0 cm³/mol. The average molecular weight is 235 g/mol. The lowest BCUT2D eigenvalue weighted by molar-refractivity contribution is 0.402. The summed E-state index contributed by atoms with van der Waals surface area (Å²) in [6.45, 7) is 7.63. The first-order valence-corrected chi connectivity index (χ1v) is 6.46. The van der Waals surface area contributed by atoms with Crippen molar-refractivity contribution in [1.29, 1.82) is 0 Å². The van der Waals surface area contributed by atoms with Gasteiger partial charge in [0, 0.05) is 6.54 Å². The van der Waals surface area contributed by atoms with Crippen LogP contribution < -0.4 is 10.1 Å². The van der Waals surface area contributed by atoms with Gasteiger partial charge in [-0.05, 0) is 42.5 Å². The van der Waals surface area contributed by atoms with Crippen LogP contribution in [0.2, 0.25) is 0 Å². The minimum atomic E-state index is 0.524. The first-order valence-electron chi connectivity index (χ1n) is 6.46. The van der Waals surface area contributed by atoms with Crippen LogP contribution in [0.1, 0.15) is 50.2 Å². The molecule has 96 valence electrons. The highest BCUT2D eigenvalue weighted by Gasteiger charge is 2.14. The number of ether oxygens (including phenoxy) is 1. The van der Waals surface area contributed by atoms with Crippen molar-refractivity contribution >= 4 is 0 Å². The van der Waals surface area contributed by atoms with E-state index in [0.29, 0.717) is 11.8 Å². The van der Waals surface area contributed by atoms with Crippen molar-refractivity contribution < 1.29 is 4.74 Å². The maximum absolute atomic E-state index is 5.54. The number of methoxy groups -OCH3 is 1. The third-order valence-corrected chi connectivity index (χ3v) is 3.31. The Kier molecular flexibility index (Phi) is 5.49. The van der Waals surface area contributed by atoms with E-state index in [1.165, 1.54) is 11.1 Å². The molecule has 1 aromatic rings. The molecule has 2 nitrogen and oxygen atoms in total. The number of hydrogen-bond donors (Lipinski definition) is 1. The van der Waals surface area contributed by atoms with E-state index in [9.17, 15) is 0 Å². The van der Waals surface area contributed by atoms with Gasteiger partial charge in [-0.1, -0.05) is 32.9 Å². The standard InChI is InChI=1S/C15H25NO/c1-6-12(10-16-4)14-8-7-13(11(2)3)9-15(14)17-5/h7-9,11-12,16H,6,10H2,1-5H3. The van der Waals surface area contributed by atoms with Crippen molar-refractivity contribution in [1.82, 2.24) is 5.32 Å². The second-order valence-electron chi connectivity index (χ2n) is 4.82. The zero-order valence-electron chi connectivity index (χ0n) is 11.7. The summed E-state index contributed by atoms with van der Waals surface area (Å²) in [4.78, 5) is 0. The molecular formula is C15H25NO. The van der Waals surface area contributed by atoms with Gasteiger partial charge in [0.15, 0.2) is 0 Å². The summed E-state index contributed by atoms with van der Waals surface area (Å²) >= 11 is 0. The van der Waals surface area contributed by atoms with E-state index in [4.69, 9.17) is 4.74 Å². The summed E-state index contributed by atoms with van der Waals surface area (Å²) in [7, 11) is 3.76. The van der Waals surface area contributed by atoms with E-state index < -0.39 is 0 Å². The molecule has 1 atom stereocenters. The Balaban J connectivity index is 3.06. The molecule has 0 aliphatic heterocycles. The lowest BCUT2D eigenvalue weighted by Crippen LogP contribution is -2.17. The summed E-state index contributed by atoms with van der Waals surface area (Å²) in [5.74, 6) is 2.09. The molecule has 0 radical (unpaired) electrons. The highest BCUT2D eigenvalue weighted by molar-refractivity contribution is 5.41. The summed E-state index contributed by atoms with van der Waals surface area (Å²) in [6, 6.07) is 6.62. The van der Waals surface area contributed by atoms with Crippen LogP contribution in [-0.2, 0) is 0 Å². The van der Waals surface area contributed by atoms with Gasteiger partial charge in [0.1, 0.15) is 5.75 Å². The van der Waals surface area contributed by atoms with E-state index in [0.717, 1.165) is 18.7 Å². The van der Waals surface area contributed by atoms with E-state index in [2.05, 4.69) is 44.3 Å². The van der Waals surface area contributed by atoms with Gasteiger partial charge in [-0.3, -0.25) is 0 Å². The Morgan fingerprint density at radius 1 is 1.29 bits per heavy atom. The van der Waals surface area contributed by atoms with Crippen LogP contribution in [-0.4, -0.2) is 20.7 Å². The Labute approximate surface area is 105 Å². The van der Waals surface area contributed by atoms with E-state index in [-0.39, 0.29) is 0 Å². The zero-order valence-corrected chi connectivity index (χ0v) is 11.7. The molecule has 0 bridgehead atoms. The molecule has 0 aromatic heterocycles. The molecule has 0 fully saturated rings. The van der Waals surface area contributed by atoms with Gasteiger partial charge in [-0.15, -0.1) is 0 Å². The third kappa shape index (κ3) is 3.47. The Bertz CT molecular complexity index is 347. The minimum absolute atomic E-state index is 0.524. The van der Waals surface area contributed by atoms with Gasteiger partial charge in [-0.2, -0.15) is 0 Å². The molecule has 17 heavy (non-hydrogen) atoms. The molecule has 0 aliphatic rings. The van der Waals surface area contributed by atoms with E-state index >= 15 is 0 Å². The molecular weight excluding hydrogens is 210 g/mol. The number of likely N-dealkylation sites (N-methyl/N-ethyl adjacent to an activating group) is 1. The molecule has 2 heteroatoms. The Morgan fingerprint density at radius 3 is 2.47 bits per heavy atom. The highest BCUT2D eigenvalue weighted by atomic mass is 16.5. The van der Waals surface area contributed by atoms with E-state index in [1.807, 2.05) is 7.05 Å². The van der Waals surface area contributed by atoms with Crippen LogP contribution in [0.5, 0.6) is 5.75 Å². The van der Waals surface area contributed by atoms with Crippen molar-refractivity contribution in [2.75, 3.05) is 20.7 Å². The zero-order chi connectivity index (χ0) is 12.8. The van der Waals surface area contributed by atoms with Crippen molar-refractivity contribution in [3.8, 4) is 5.75 Å².